The molecular formula is C17H18N2S. The van der Waals surface area contributed by atoms with Crippen molar-refractivity contribution in [1.29, 1.82) is 0 Å². The fourth-order valence-electron chi connectivity index (χ4n) is 2.20. The van der Waals surface area contributed by atoms with E-state index in [4.69, 9.17) is 4.98 Å². The zero-order valence-electron chi connectivity index (χ0n) is 12.0. The number of nitrogens with one attached hydrogen (secondary N) is 1. The van der Waals surface area contributed by atoms with Crippen molar-refractivity contribution >= 4 is 27.2 Å². The van der Waals surface area contributed by atoms with Gasteiger partial charge in [0.05, 0.1) is 10.2 Å². The van der Waals surface area contributed by atoms with E-state index in [2.05, 4.69) is 68.6 Å². The smallest absolute Gasteiger partial charge is 0.124 e. The molecule has 0 aliphatic heterocycles. The molecule has 0 bridgehead atoms. The number of hydrogen-bond acceptors (Lipinski definition) is 3. The highest BCUT2D eigenvalue weighted by Crippen LogP contribution is 2.31. The lowest BCUT2D eigenvalue weighted by atomic mass is 10.2. The molecule has 0 unspecified atom stereocenters. The normalized spacial score (nSPS) is 11.2. The van der Waals surface area contributed by atoms with Gasteiger partial charge in [-0.25, -0.2) is 4.98 Å². The zero-order valence-corrected chi connectivity index (χ0v) is 12.8. The van der Waals surface area contributed by atoms with Gasteiger partial charge >= 0.3 is 0 Å². The molecule has 3 aromatic rings. The van der Waals surface area contributed by atoms with Crippen molar-refractivity contribution in [2.75, 3.05) is 5.32 Å². The van der Waals surface area contributed by atoms with E-state index in [1.54, 1.807) is 11.3 Å². The van der Waals surface area contributed by atoms with Gasteiger partial charge in [-0.2, -0.15) is 0 Å². The monoisotopic (exact) mass is 282 g/mol. The molecule has 20 heavy (non-hydrogen) atoms. The molecule has 102 valence electrons. The van der Waals surface area contributed by atoms with E-state index >= 15 is 0 Å². The van der Waals surface area contributed by atoms with E-state index in [1.165, 1.54) is 15.8 Å². The summed E-state index contributed by atoms with van der Waals surface area (Å²) in [7, 11) is 0. The van der Waals surface area contributed by atoms with Crippen molar-refractivity contribution in [2.45, 2.75) is 26.8 Å². The third kappa shape index (κ3) is 2.68. The highest BCUT2D eigenvalue weighted by molar-refractivity contribution is 7.21. The number of anilines is 1. The van der Waals surface area contributed by atoms with Crippen LogP contribution in [0.2, 0.25) is 0 Å². The Balaban J connectivity index is 1.94. The van der Waals surface area contributed by atoms with Crippen LogP contribution in [0.25, 0.3) is 20.8 Å². The molecule has 0 fully saturated rings. The van der Waals surface area contributed by atoms with E-state index in [0.717, 1.165) is 16.2 Å². The molecule has 0 saturated heterocycles. The van der Waals surface area contributed by atoms with Crippen LogP contribution in [-0.4, -0.2) is 11.0 Å². The highest BCUT2D eigenvalue weighted by atomic mass is 32.1. The number of hydrogen-bond donors (Lipinski definition) is 1. The van der Waals surface area contributed by atoms with Gasteiger partial charge in [-0.1, -0.05) is 6.07 Å². The zero-order chi connectivity index (χ0) is 14.1. The second kappa shape index (κ2) is 5.25. The molecule has 2 nitrogen and oxygen atoms in total. The summed E-state index contributed by atoms with van der Waals surface area (Å²) in [5.41, 5.74) is 4.70. The minimum atomic E-state index is 0.450. The molecule has 2 aromatic carbocycles. The Kier molecular flexibility index (Phi) is 3.45. The first-order chi connectivity index (χ1) is 9.61. The molecule has 0 saturated carbocycles. The Bertz CT molecular complexity index is 726. The van der Waals surface area contributed by atoms with Crippen LogP contribution in [0.3, 0.4) is 0 Å². The van der Waals surface area contributed by atoms with Gasteiger partial charge in [-0.05, 0) is 62.7 Å². The number of thiazole rings is 1. The van der Waals surface area contributed by atoms with E-state index < -0.39 is 0 Å². The van der Waals surface area contributed by atoms with Gasteiger partial charge in [-0.15, -0.1) is 11.3 Å². The average molecular weight is 282 g/mol. The fraction of sp³-hybridized carbons (Fsp3) is 0.235. The topological polar surface area (TPSA) is 24.9 Å². The highest BCUT2D eigenvalue weighted by Gasteiger charge is 2.06. The third-order valence-corrected chi connectivity index (χ3v) is 4.20. The van der Waals surface area contributed by atoms with Crippen molar-refractivity contribution in [2.24, 2.45) is 0 Å². The van der Waals surface area contributed by atoms with Crippen molar-refractivity contribution in [3.05, 3.63) is 48.0 Å². The van der Waals surface area contributed by atoms with Gasteiger partial charge in [0.25, 0.3) is 0 Å². The van der Waals surface area contributed by atoms with Crippen LogP contribution >= 0.6 is 11.3 Å². The third-order valence-electron chi connectivity index (χ3n) is 3.13. The fourth-order valence-corrected chi connectivity index (χ4v) is 3.27. The minimum Gasteiger partial charge on any atom is -0.383 e. The number of nitrogens with zero attached hydrogens (tertiary/aromatic N) is 1. The molecular weight excluding hydrogens is 264 g/mol. The van der Waals surface area contributed by atoms with Crippen molar-refractivity contribution in [3.63, 3.8) is 0 Å². The molecule has 1 aromatic heterocycles. The molecule has 0 amide bonds. The van der Waals surface area contributed by atoms with Gasteiger partial charge in [0, 0.05) is 17.3 Å². The Morgan fingerprint density at radius 2 is 1.80 bits per heavy atom. The number of fused-ring (bicyclic) bond motifs is 1. The lowest BCUT2D eigenvalue weighted by molar-refractivity contribution is 0.900. The van der Waals surface area contributed by atoms with Gasteiger partial charge in [0.2, 0.25) is 0 Å². The van der Waals surface area contributed by atoms with Crippen LogP contribution in [0.15, 0.2) is 42.5 Å². The summed E-state index contributed by atoms with van der Waals surface area (Å²) in [6, 6.07) is 15.4. The van der Waals surface area contributed by atoms with Crippen LogP contribution in [0.1, 0.15) is 19.4 Å². The maximum atomic E-state index is 4.71. The molecule has 0 aliphatic carbocycles. The van der Waals surface area contributed by atoms with E-state index in [-0.39, 0.29) is 0 Å². The lowest BCUT2D eigenvalue weighted by Crippen LogP contribution is -2.09. The average Bonchev–Trinajstić information content (AvgIpc) is 2.81. The molecule has 3 rings (SSSR count). The molecule has 0 atom stereocenters. The molecule has 0 radical (unpaired) electrons. The van der Waals surface area contributed by atoms with Crippen molar-refractivity contribution in [1.82, 2.24) is 4.98 Å². The maximum Gasteiger partial charge on any atom is 0.124 e. The summed E-state index contributed by atoms with van der Waals surface area (Å²) in [6.07, 6.45) is 0. The number of aryl methyl sites for hydroxylation is 1. The largest absolute Gasteiger partial charge is 0.383 e. The molecule has 1 heterocycles. The van der Waals surface area contributed by atoms with Gasteiger partial charge < -0.3 is 5.32 Å². The summed E-state index contributed by atoms with van der Waals surface area (Å²) >= 11 is 1.75. The molecule has 3 heteroatoms. The summed E-state index contributed by atoms with van der Waals surface area (Å²) in [4.78, 5) is 4.71. The van der Waals surface area contributed by atoms with Crippen molar-refractivity contribution < 1.29 is 0 Å². The predicted molar refractivity (Wildman–Crippen MR) is 88.6 cm³/mol. The van der Waals surface area contributed by atoms with Gasteiger partial charge in [-0.3, -0.25) is 0 Å². The SMILES string of the molecule is Cc1ccc2nc(-c3ccc(NC(C)C)cc3)sc2c1. The first kappa shape index (κ1) is 13.1. The minimum absolute atomic E-state index is 0.450. The first-order valence-corrected chi connectivity index (χ1v) is 7.67. The quantitative estimate of drug-likeness (QED) is 0.723. The van der Waals surface area contributed by atoms with Crippen LogP contribution in [0.5, 0.6) is 0 Å². The standard InChI is InChI=1S/C17H18N2S/c1-11(2)18-14-7-5-13(6-8-14)17-19-15-9-4-12(3)10-16(15)20-17/h4-11,18H,1-3H3. The van der Waals surface area contributed by atoms with Gasteiger partial charge in [0.15, 0.2) is 0 Å². The van der Waals surface area contributed by atoms with Crippen LogP contribution in [-0.2, 0) is 0 Å². The number of benzene rings is 2. The Morgan fingerprint density at radius 1 is 1.05 bits per heavy atom. The molecule has 0 aliphatic rings. The maximum absolute atomic E-state index is 4.71. The van der Waals surface area contributed by atoms with Crippen molar-refractivity contribution in [3.8, 4) is 10.6 Å². The Hall–Kier alpha value is -1.87. The predicted octanol–water partition coefficient (Wildman–Crippen LogP) is 5.09. The Labute approximate surface area is 123 Å². The van der Waals surface area contributed by atoms with E-state index in [9.17, 15) is 0 Å². The second-order valence-corrected chi connectivity index (χ2v) is 6.40. The molecule has 1 N–H and O–H groups in total. The van der Waals surface area contributed by atoms with Crippen LogP contribution in [0, 0.1) is 6.92 Å². The van der Waals surface area contributed by atoms with Gasteiger partial charge in [0.1, 0.15) is 5.01 Å². The second-order valence-electron chi connectivity index (χ2n) is 5.37. The Morgan fingerprint density at radius 3 is 2.50 bits per heavy atom. The summed E-state index contributed by atoms with van der Waals surface area (Å²) < 4.78 is 1.25. The summed E-state index contributed by atoms with van der Waals surface area (Å²) in [5.74, 6) is 0. The summed E-state index contributed by atoms with van der Waals surface area (Å²) in [6.45, 7) is 6.40. The van der Waals surface area contributed by atoms with Crippen LogP contribution < -0.4 is 5.32 Å². The first-order valence-electron chi connectivity index (χ1n) is 6.86. The number of aromatic nitrogens is 1. The van der Waals surface area contributed by atoms with E-state index in [0.29, 0.717) is 6.04 Å². The summed E-state index contributed by atoms with van der Waals surface area (Å²) in [5, 5.41) is 4.49. The number of rotatable bonds is 3. The molecule has 0 spiro atoms. The lowest BCUT2D eigenvalue weighted by Gasteiger charge is -2.09. The van der Waals surface area contributed by atoms with Crippen LogP contribution in [0.4, 0.5) is 5.69 Å². The van der Waals surface area contributed by atoms with E-state index in [1.807, 2.05) is 0 Å².